The second-order valence-corrected chi connectivity index (χ2v) is 5.21. The lowest BCUT2D eigenvalue weighted by Gasteiger charge is -2.17. The van der Waals surface area contributed by atoms with Gasteiger partial charge in [-0.15, -0.1) is 11.6 Å². The van der Waals surface area contributed by atoms with Crippen LogP contribution in [0.3, 0.4) is 0 Å². The second-order valence-electron chi connectivity index (χ2n) is 4.90. The van der Waals surface area contributed by atoms with Gasteiger partial charge in [0.05, 0.1) is 11.6 Å². The Labute approximate surface area is 112 Å². The van der Waals surface area contributed by atoms with Crippen LogP contribution >= 0.6 is 11.6 Å². The molecular formula is C15H16ClNO. The molecule has 0 bridgehead atoms. The fourth-order valence-corrected chi connectivity index (χ4v) is 2.90. The van der Waals surface area contributed by atoms with Gasteiger partial charge in [-0.25, -0.2) is 0 Å². The summed E-state index contributed by atoms with van der Waals surface area (Å²) in [5.74, 6) is 1.09. The number of rotatable bonds is 2. The molecule has 0 saturated carbocycles. The molecule has 1 aromatic carbocycles. The molecule has 2 aromatic rings. The first-order valence-corrected chi connectivity index (χ1v) is 6.86. The molecule has 0 aliphatic carbocycles. The molecule has 0 spiro atoms. The highest BCUT2D eigenvalue weighted by molar-refractivity contribution is 6.18. The number of halogens is 1. The Kier molecular flexibility index (Phi) is 3.23. The molecule has 0 N–H and O–H groups in total. The molecule has 0 radical (unpaired) electrons. The minimum absolute atomic E-state index is 0.146. The fourth-order valence-electron chi connectivity index (χ4n) is 2.58. The van der Waals surface area contributed by atoms with Crippen LogP contribution in [0.25, 0.3) is 10.9 Å². The summed E-state index contributed by atoms with van der Waals surface area (Å²) in [5, 5.41) is 1.17. The highest BCUT2D eigenvalue weighted by atomic mass is 35.5. The van der Waals surface area contributed by atoms with E-state index in [2.05, 4.69) is 29.2 Å². The predicted octanol–water partition coefficient (Wildman–Crippen LogP) is 3.86. The van der Waals surface area contributed by atoms with E-state index >= 15 is 0 Å². The summed E-state index contributed by atoms with van der Waals surface area (Å²) < 4.78 is 5.81. The molecule has 18 heavy (non-hydrogen) atoms. The number of benzene rings is 1. The van der Waals surface area contributed by atoms with E-state index in [9.17, 15) is 0 Å². The van der Waals surface area contributed by atoms with E-state index < -0.39 is 0 Å². The molecule has 94 valence electrons. The fraction of sp³-hybridized carbons (Fsp3) is 0.400. The number of pyridine rings is 1. The lowest BCUT2D eigenvalue weighted by molar-refractivity contribution is 0.0953. The molecular weight excluding hydrogens is 246 g/mol. The van der Waals surface area contributed by atoms with Crippen LogP contribution < -0.4 is 0 Å². The molecule has 1 aromatic heterocycles. The maximum absolute atomic E-state index is 6.00. The van der Waals surface area contributed by atoms with Gasteiger partial charge < -0.3 is 4.74 Å². The van der Waals surface area contributed by atoms with Crippen molar-refractivity contribution >= 4 is 22.5 Å². The van der Waals surface area contributed by atoms with Gasteiger partial charge in [0.2, 0.25) is 0 Å². The summed E-state index contributed by atoms with van der Waals surface area (Å²) in [5.41, 5.74) is 3.31. The van der Waals surface area contributed by atoms with Crippen LogP contribution in [0.1, 0.15) is 23.8 Å². The number of ether oxygens (including phenoxy) is 1. The average Bonchev–Trinajstić information content (AvgIpc) is 2.86. The van der Waals surface area contributed by atoms with E-state index in [0.717, 1.165) is 24.2 Å². The van der Waals surface area contributed by atoms with Crippen molar-refractivity contribution in [2.45, 2.75) is 19.4 Å². The quantitative estimate of drug-likeness (QED) is 0.766. The molecule has 2 nitrogen and oxygen atoms in total. The molecule has 1 fully saturated rings. The van der Waals surface area contributed by atoms with Gasteiger partial charge in [0.1, 0.15) is 0 Å². The Morgan fingerprint density at radius 3 is 3.06 bits per heavy atom. The maximum Gasteiger partial charge on any atom is 0.0865 e. The van der Waals surface area contributed by atoms with Crippen LogP contribution in [0, 0.1) is 12.8 Å². The van der Waals surface area contributed by atoms with Crippen molar-refractivity contribution < 1.29 is 4.74 Å². The molecule has 2 heterocycles. The molecule has 0 amide bonds. The Morgan fingerprint density at radius 1 is 1.33 bits per heavy atom. The van der Waals surface area contributed by atoms with Gasteiger partial charge in [-0.3, -0.25) is 4.98 Å². The smallest absolute Gasteiger partial charge is 0.0865 e. The van der Waals surface area contributed by atoms with Crippen molar-refractivity contribution in [1.82, 2.24) is 4.98 Å². The van der Waals surface area contributed by atoms with Crippen molar-refractivity contribution in [2.24, 2.45) is 5.92 Å². The van der Waals surface area contributed by atoms with Crippen LogP contribution in [0.15, 0.2) is 30.3 Å². The molecule has 1 aliphatic heterocycles. The summed E-state index contributed by atoms with van der Waals surface area (Å²) in [6, 6.07) is 10.5. The first-order chi connectivity index (χ1) is 8.78. The third-order valence-electron chi connectivity index (χ3n) is 3.59. The van der Waals surface area contributed by atoms with E-state index in [1.165, 1.54) is 10.9 Å². The van der Waals surface area contributed by atoms with Crippen molar-refractivity contribution in [1.29, 1.82) is 0 Å². The summed E-state index contributed by atoms with van der Waals surface area (Å²) in [6.07, 6.45) is 1.20. The summed E-state index contributed by atoms with van der Waals surface area (Å²) in [6.45, 7) is 2.82. The topological polar surface area (TPSA) is 22.1 Å². The highest BCUT2D eigenvalue weighted by Crippen LogP contribution is 2.36. The molecule has 2 atom stereocenters. The zero-order chi connectivity index (χ0) is 12.5. The van der Waals surface area contributed by atoms with Gasteiger partial charge in [0.25, 0.3) is 0 Å². The predicted molar refractivity (Wildman–Crippen MR) is 74.0 cm³/mol. The number of aryl methyl sites for hydroxylation is 1. The zero-order valence-electron chi connectivity index (χ0n) is 10.4. The molecule has 1 aliphatic rings. The molecule has 1 saturated heterocycles. The zero-order valence-corrected chi connectivity index (χ0v) is 11.2. The van der Waals surface area contributed by atoms with Crippen LogP contribution in [-0.2, 0) is 4.74 Å². The minimum atomic E-state index is 0.146. The van der Waals surface area contributed by atoms with E-state index in [-0.39, 0.29) is 6.10 Å². The van der Waals surface area contributed by atoms with Crippen LogP contribution in [0.4, 0.5) is 0 Å². The van der Waals surface area contributed by atoms with Crippen molar-refractivity contribution in [3.05, 3.63) is 41.6 Å². The van der Waals surface area contributed by atoms with Crippen LogP contribution in [0.5, 0.6) is 0 Å². The second kappa shape index (κ2) is 4.87. The normalized spacial score (nSPS) is 23.7. The number of hydrogen-bond acceptors (Lipinski definition) is 2. The summed E-state index contributed by atoms with van der Waals surface area (Å²) >= 11 is 6.00. The average molecular weight is 262 g/mol. The lowest BCUT2D eigenvalue weighted by Crippen LogP contribution is -2.08. The number of alkyl halides is 1. The largest absolute Gasteiger partial charge is 0.373 e. The first-order valence-electron chi connectivity index (χ1n) is 6.33. The third kappa shape index (κ3) is 2.11. The molecule has 3 rings (SSSR count). The highest BCUT2D eigenvalue weighted by Gasteiger charge is 2.28. The van der Waals surface area contributed by atoms with E-state index in [0.29, 0.717) is 11.8 Å². The Bertz CT molecular complexity index is 569. The van der Waals surface area contributed by atoms with Crippen LogP contribution in [-0.4, -0.2) is 17.5 Å². The Morgan fingerprint density at radius 2 is 2.22 bits per heavy atom. The number of nitrogens with zero attached hydrogens (tertiary/aromatic N) is 1. The van der Waals surface area contributed by atoms with E-state index in [1.807, 2.05) is 13.0 Å². The monoisotopic (exact) mass is 261 g/mol. The van der Waals surface area contributed by atoms with Gasteiger partial charge >= 0.3 is 0 Å². The van der Waals surface area contributed by atoms with Gasteiger partial charge in [0, 0.05) is 29.5 Å². The Hall–Kier alpha value is -1.12. The maximum atomic E-state index is 6.00. The first kappa shape index (κ1) is 11.9. The lowest BCUT2D eigenvalue weighted by atomic mass is 9.96. The summed E-state index contributed by atoms with van der Waals surface area (Å²) in [7, 11) is 0. The van der Waals surface area contributed by atoms with Gasteiger partial charge in [-0.05, 0) is 37.1 Å². The SMILES string of the molecule is Cc1ccc2cc(C3OCCC3CCl)ccc2n1. The number of aromatic nitrogens is 1. The van der Waals surface area contributed by atoms with Gasteiger partial charge in [-0.1, -0.05) is 12.1 Å². The van der Waals surface area contributed by atoms with Gasteiger partial charge in [-0.2, -0.15) is 0 Å². The third-order valence-corrected chi connectivity index (χ3v) is 3.99. The standard InChI is InChI=1S/C15H16ClNO/c1-10-2-3-11-8-12(4-5-14(11)17-10)15-13(9-16)6-7-18-15/h2-5,8,13,15H,6-7,9H2,1H3. The van der Waals surface area contributed by atoms with E-state index in [4.69, 9.17) is 16.3 Å². The Balaban J connectivity index is 2.00. The van der Waals surface area contributed by atoms with Crippen molar-refractivity contribution in [3.8, 4) is 0 Å². The van der Waals surface area contributed by atoms with E-state index in [1.54, 1.807) is 0 Å². The molecule has 3 heteroatoms. The van der Waals surface area contributed by atoms with Gasteiger partial charge in [0.15, 0.2) is 0 Å². The number of hydrogen-bond donors (Lipinski definition) is 0. The van der Waals surface area contributed by atoms with Crippen molar-refractivity contribution in [3.63, 3.8) is 0 Å². The minimum Gasteiger partial charge on any atom is -0.373 e. The van der Waals surface area contributed by atoms with Crippen LogP contribution in [0.2, 0.25) is 0 Å². The molecule has 2 unspecified atom stereocenters. The van der Waals surface area contributed by atoms with Crippen molar-refractivity contribution in [2.75, 3.05) is 12.5 Å². The summed E-state index contributed by atoms with van der Waals surface area (Å²) in [4.78, 5) is 4.52. The number of fused-ring (bicyclic) bond motifs is 1.